The van der Waals surface area contributed by atoms with Crippen LogP contribution in [0.25, 0.3) is 0 Å². The maximum Gasteiger partial charge on any atom is 0.312 e. The van der Waals surface area contributed by atoms with E-state index in [0.717, 1.165) is 18.3 Å². The molecule has 0 unspecified atom stereocenters. The molecule has 25 heavy (non-hydrogen) atoms. The van der Waals surface area contributed by atoms with E-state index in [1.165, 1.54) is 24.3 Å². The predicted octanol–water partition coefficient (Wildman–Crippen LogP) is 2.74. The summed E-state index contributed by atoms with van der Waals surface area (Å²) in [4.78, 5) is 32.0. The Balaban J connectivity index is 2.19. The standard InChI is InChI=1S/C14H9BrN4O6/c15-10-4-9(13(20)12(6-10)19(24)25)7-16-17-14(21)8-2-1-3-11(5-8)18(22)23/h1-7,20H,(H,17,21)/b16-7+. The van der Waals surface area contributed by atoms with Gasteiger partial charge in [0.2, 0.25) is 5.75 Å². The summed E-state index contributed by atoms with van der Waals surface area (Å²) in [7, 11) is 0. The van der Waals surface area contributed by atoms with Crippen LogP contribution in [0.1, 0.15) is 15.9 Å². The molecule has 10 nitrogen and oxygen atoms in total. The lowest BCUT2D eigenvalue weighted by Crippen LogP contribution is -2.17. The number of phenols is 1. The van der Waals surface area contributed by atoms with E-state index in [1.807, 2.05) is 0 Å². The topological polar surface area (TPSA) is 148 Å². The molecule has 2 rings (SSSR count). The van der Waals surface area contributed by atoms with Crippen molar-refractivity contribution < 1.29 is 19.7 Å². The Hall–Kier alpha value is -3.34. The van der Waals surface area contributed by atoms with Crippen LogP contribution < -0.4 is 5.43 Å². The first-order chi connectivity index (χ1) is 11.8. The maximum absolute atomic E-state index is 11.9. The third kappa shape index (κ3) is 4.35. The number of carbonyl (C=O) groups is 1. The Morgan fingerprint density at radius 3 is 2.56 bits per heavy atom. The highest BCUT2D eigenvalue weighted by molar-refractivity contribution is 9.10. The fourth-order valence-electron chi connectivity index (χ4n) is 1.83. The molecule has 2 N–H and O–H groups in total. The Morgan fingerprint density at radius 2 is 1.92 bits per heavy atom. The summed E-state index contributed by atoms with van der Waals surface area (Å²) < 4.78 is 0.337. The molecule has 0 spiro atoms. The molecule has 0 aromatic heterocycles. The van der Waals surface area contributed by atoms with E-state index in [4.69, 9.17) is 0 Å². The zero-order chi connectivity index (χ0) is 18.6. The Morgan fingerprint density at radius 1 is 1.20 bits per heavy atom. The van der Waals surface area contributed by atoms with E-state index in [1.54, 1.807) is 0 Å². The van der Waals surface area contributed by atoms with Crippen LogP contribution in [0.4, 0.5) is 11.4 Å². The molecule has 0 saturated heterocycles. The van der Waals surface area contributed by atoms with Crippen LogP contribution in [0, 0.1) is 20.2 Å². The van der Waals surface area contributed by atoms with E-state index in [2.05, 4.69) is 26.5 Å². The molecular formula is C14H9BrN4O6. The van der Waals surface area contributed by atoms with Crippen LogP contribution in [0.5, 0.6) is 5.75 Å². The number of benzene rings is 2. The number of hydrogen-bond acceptors (Lipinski definition) is 7. The fraction of sp³-hybridized carbons (Fsp3) is 0. The quantitative estimate of drug-likeness (QED) is 0.441. The molecular weight excluding hydrogens is 400 g/mol. The van der Waals surface area contributed by atoms with Crippen LogP contribution >= 0.6 is 15.9 Å². The van der Waals surface area contributed by atoms with Crippen LogP contribution in [-0.2, 0) is 0 Å². The highest BCUT2D eigenvalue weighted by atomic mass is 79.9. The number of aromatic hydroxyl groups is 1. The van der Waals surface area contributed by atoms with E-state index in [-0.39, 0.29) is 16.8 Å². The predicted molar refractivity (Wildman–Crippen MR) is 90.6 cm³/mol. The van der Waals surface area contributed by atoms with Gasteiger partial charge < -0.3 is 5.11 Å². The molecule has 2 aromatic rings. The second kappa shape index (κ2) is 7.49. The minimum Gasteiger partial charge on any atom is -0.502 e. The largest absolute Gasteiger partial charge is 0.502 e. The second-order valence-electron chi connectivity index (χ2n) is 4.63. The molecule has 0 aliphatic carbocycles. The lowest BCUT2D eigenvalue weighted by atomic mass is 10.2. The first-order valence-electron chi connectivity index (χ1n) is 6.54. The van der Waals surface area contributed by atoms with Gasteiger partial charge in [0.25, 0.3) is 11.6 Å². The summed E-state index contributed by atoms with van der Waals surface area (Å²) in [5, 5.41) is 34.9. The van der Waals surface area contributed by atoms with Crippen LogP contribution in [0.3, 0.4) is 0 Å². The van der Waals surface area contributed by atoms with Gasteiger partial charge in [0.1, 0.15) is 0 Å². The van der Waals surface area contributed by atoms with Gasteiger partial charge in [-0.05, 0) is 12.1 Å². The van der Waals surface area contributed by atoms with Crippen molar-refractivity contribution in [1.29, 1.82) is 0 Å². The van der Waals surface area contributed by atoms with Crippen molar-refractivity contribution >= 4 is 39.4 Å². The number of rotatable bonds is 5. The number of nitrogens with one attached hydrogen (secondary N) is 1. The number of nitrogens with zero attached hydrogens (tertiary/aromatic N) is 3. The number of nitro groups is 2. The monoisotopic (exact) mass is 408 g/mol. The first-order valence-corrected chi connectivity index (χ1v) is 7.33. The fourth-order valence-corrected chi connectivity index (χ4v) is 2.29. The third-order valence-electron chi connectivity index (χ3n) is 2.97. The summed E-state index contributed by atoms with van der Waals surface area (Å²) in [5.74, 6) is -1.33. The van der Waals surface area contributed by atoms with Crippen molar-refractivity contribution in [2.75, 3.05) is 0 Å². The van der Waals surface area contributed by atoms with Gasteiger partial charge in [-0.25, -0.2) is 5.43 Å². The smallest absolute Gasteiger partial charge is 0.312 e. The molecule has 0 fully saturated rings. The number of halogens is 1. The van der Waals surface area contributed by atoms with Gasteiger partial charge >= 0.3 is 5.69 Å². The summed E-state index contributed by atoms with van der Waals surface area (Å²) in [6.07, 6.45) is 1.02. The molecule has 0 aliphatic rings. The van der Waals surface area contributed by atoms with Gasteiger partial charge in [-0.15, -0.1) is 0 Å². The highest BCUT2D eigenvalue weighted by Gasteiger charge is 2.17. The van der Waals surface area contributed by atoms with Crippen LogP contribution in [0.2, 0.25) is 0 Å². The Kier molecular flexibility index (Phi) is 5.39. The maximum atomic E-state index is 11.9. The molecule has 0 bridgehead atoms. The number of nitro benzene ring substituents is 2. The highest BCUT2D eigenvalue weighted by Crippen LogP contribution is 2.32. The van der Waals surface area contributed by atoms with E-state index in [0.29, 0.717) is 4.47 Å². The van der Waals surface area contributed by atoms with Gasteiger partial charge in [0, 0.05) is 33.8 Å². The normalized spacial score (nSPS) is 10.6. The van der Waals surface area contributed by atoms with Gasteiger partial charge in [-0.3, -0.25) is 25.0 Å². The second-order valence-corrected chi connectivity index (χ2v) is 5.54. The summed E-state index contributed by atoms with van der Waals surface area (Å²) in [5.41, 5.74) is 1.35. The molecule has 1 amide bonds. The van der Waals surface area contributed by atoms with Crippen molar-refractivity contribution in [3.8, 4) is 5.75 Å². The summed E-state index contributed by atoms with van der Waals surface area (Å²) >= 11 is 3.07. The molecule has 128 valence electrons. The van der Waals surface area contributed by atoms with Gasteiger partial charge in [-0.2, -0.15) is 5.10 Å². The van der Waals surface area contributed by atoms with Gasteiger partial charge in [0.05, 0.1) is 16.1 Å². The number of carbonyl (C=O) groups excluding carboxylic acids is 1. The third-order valence-corrected chi connectivity index (χ3v) is 3.43. The number of hydrazone groups is 1. The van der Waals surface area contributed by atoms with Crippen LogP contribution in [0.15, 0.2) is 46.0 Å². The molecule has 0 heterocycles. The minimum absolute atomic E-state index is 0.000386. The van der Waals surface area contributed by atoms with Crippen molar-refractivity contribution in [3.05, 3.63) is 72.2 Å². The number of phenolic OH excluding ortho intramolecular Hbond substituents is 1. The SMILES string of the molecule is O=C(N/N=C/c1cc(Br)cc([N+](=O)[O-])c1O)c1cccc([N+](=O)[O-])c1. The summed E-state index contributed by atoms with van der Waals surface area (Å²) in [6.45, 7) is 0. The molecule has 0 aliphatic heterocycles. The van der Waals surface area contributed by atoms with Crippen molar-refractivity contribution in [1.82, 2.24) is 5.43 Å². The number of non-ortho nitro benzene ring substituents is 1. The molecule has 0 atom stereocenters. The minimum atomic E-state index is -0.765. The average molecular weight is 409 g/mol. The number of hydrogen-bond donors (Lipinski definition) is 2. The zero-order valence-electron chi connectivity index (χ0n) is 12.2. The van der Waals surface area contributed by atoms with E-state index in [9.17, 15) is 30.1 Å². The number of amides is 1. The van der Waals surface area contributed by atoms with E-state index < -0.39 is 27.2 Å². The average Bonchev–Trinajstić information content (AvgIpc) is 2.57. The molecule has 0 radical (unpaired) electrons. The van der Waals surface area contributed by atoms with E-state index >= 15 is 0 Å². The first kappa shape index (κ1) is 18.0. The van der Waals surface area contributed by atoms with Crippen molar-refractivity contribution in [3.63, 3.8) is 0 Å². The summed E-state index contributed by atoms with van der Waals surface area (Å²) in [6, 6.07) is 7.50. The van der Waals surface area contributed by atoms with Crippen molar-refractivity contribution in [2.45, 2.75) is 0 Å². The molecule has 0 saturated carbocycles. The lowest BCUT2D eigenvalue weighted by molar-refractivity contribution is -0.386. The molecule has 2 aromatic carbocycles. The Labute approximate surface area is 148 Å². The lowest BCUT2D eigenvalue weighted by Gasteiger charge is -2.02. The Bertz CT molecular complexity index is 899. The van der Waals surface area contributed by atoms with Gasteiger partial charge in [-0.1, -0.05) is 22.0 Å². The van der Waals surface area contributed by atoms with Crippen molar-refractivity contribution in [2.24, 2.45) is 5.10 Å². The molecule has 11 heteroatoms. The van der Waals surface area contributed by atoms with Crippen LogP contribution in [-0.4, -0.2) is 27.1 Å². The van der Waals surface area contributed by atoms with Gasteiger partial charge in [0.15, 0.2) is 0 Å². The zero-order valence-corrected chi connectivity index (χ0v) is 13.8.